The molecule has 1 unspecified atom stereocenters. The van der Waals surface area contributed by atoms with Crippen molar-refractivity contribution >= 4 is 11.6 Å². The molecule has 1 aliphatic heterocycles. The minimum absolute atomic E-state index is 0.0200. The number of benzene rings is 1. The first-order valence-corrected chi connectivity index (χ1v) is 7.90. The molecule has 0 radical (unpaired) electrons. The molecule has 0 fully saturated rings. The number of carbonyl (C=O) groups excluding carboxylic acids is 1. The second-order valence-corrected chi connectivity index (χ2v) is 6.16. The number of nitrogens with zero attached hydrogens (tertiary/aromatic N) is 3. The number of hydrogen-bond acceptors (Lipinski definition) is 4. The van der Waals surface area contributed by atoms with E-state index in [9.17, 15) is 4.79 Å². The average molecular weight is 312 g/mol. The van der Waals surface area contributed by atoms with E-state index >= 15 is 0 Å². The highest BCUT2D eigenvalue weighted by Crippen LogP contribution is 2.37. The lowest BCUT2D eigenvalue weighted by Gasteiger charge is -2.17. The van der Waals surface area contributed by atoms with Gasteiger partial charge in [-0.3, -0.25) is 4.79 Å². The standard InChI is InChI=1S/C18H24N4O/c1-5-6-12-18(20-21-18)13-11-17(23)19-14(2)15-7-9-16(10-8-15)22(3)4/h1,7-10,14H,6,11-13H2,2-4H3,(H,19,23). The summed E-state index contributed by atoms with van der Waals surface area (Å²) in [6, 6.07) is 8.16. The van der Waals surface area contributed by atoms with Crippen molar-refractivity contribution in [2.75, 3.05) is 19.0 Å². The van der Waals surface area contributed by atoms with Crippen LogP contribution in [0.25, 0.3) is 0 Å². The van der Waals surface area contributed by atoms with Crippen LogP contribution in [0, 0.1) is 12.3 Å². The Morgan fingerprint density at radius 2 is 1.96 bits per heavy atom. The SMILES string of the molecule is C#CCCC1(CCC(=O)NC(C)c2ccc(N(C)C)cc2)N=N1. The van der Waals surface area contributed by atoms with Crippen molar-refractivity contribution in [1.82, 2.24) is 5.32 Å². The van der Waals surface area contributed by atoms with Crippen molar-refractivity contribution in [3.8, 4) is 12.3 Å². The predicted molar refractivity (Wildman–Crippen MR) is 92.2 cm³/mol. The number of nitrogens with one attached hydrogen (secondary N) is 1. The lowest BCUT2D eigenvalue weighted by molar-refractivity contribution is -0.122. The Kier molecular flexibility index (Phi) is 5.38. The highest BCUT2D eigenvalue weighted by Gasteiger charge is 2.39. The van der Waals surface area contributed by atoms with Crippen molar-refractivity contribution in [3.63, 3.8) is 0 Å². The maximum atomic E-state index is 12.1. The third-order valence-corrected chi connectivity index (χ3v) is 4.09. The number of terminal acetylenes is 1. The van der Waals surface area contributed by atoms with E-state index in [-0.39, 0.29) is 17.6 Å². The Balaban J connectivity index is 1.79. The van der Waals surface area contributed by atoms with Gasteiger partial charge in [0.15, 0.2) is 5.66 Å². The Bertz CT molecular complexity index is 607. The van der Waals surface area contributed by atoms with E-state index in [4.69, 9.17) is 6.42 Å². The Labute approximate surface area is 138 Å². The van der Waals surface area contributed by atoms with Gasteiger partial charge in [0.1, 0.15) is 0 Å². The molecule has 5 heteroatoms. The summed E-state index contributed by atoms with van der Waals surface area (Å²) in [6.45, 7) is 1.99. The lowest BCUT2D eigenvalue weighted by atomic mass is 10.0. The van der Waals surface area contributed by atoms with Crippen LogP contribution in [-0.2, 0) is 4.79 Å². The predicted octanol–water partition coefficient (Wildman–Crippen LogP) is 3.29. The molecule has 2 rings (SSSR count). The number of rotatable bonds is 8. The van der Waals surface area contributed by atoms with Crippen LogP contribution in [0.5, 0.6) is 0 Å². The molecular weight excluding hydrogens is 288 g/mol. The maximum Gasteiger partial charge on any atom is 0.220 e. The first kappa shape index (κ1) is 17.0. The number of anilines is 1. The molecule has 1 amide bonds. The Morgan fingerprint density at radius 1 is 1.30 bits per heavy atom. The summed E-state index contributed by atoms with van der Waals surface area (Å²) >= 11 is 0. The fourth-order valence-corrected chi connectivity index (χ4v) is 2.44. The monoisotopic (exact) mass is 312 g/mol. The summed E-state index contributed by atoms with van der Waals surface area (Å²) in [5.74, 6) is 2.61. The van der Waals surface area contributed by atoms with Gasteiger partial charge in [0, 0.05) is 45.5 Å². The van der Waals surface area contributed by atoms with E-state index in [1.807, 2.05) is 38.1 Å². The molecule has 0 aliphatic carbocycles. The lowest BCUT2D eigenvalue weighted by Crippen LogP contribution is -2.28. The van der Waals surface area contributed by atoms with E-state index in [2.05, 4.69) is 33.6 Å². The molecular formula is C18H24N4O. The molecule has 1 N–H and O–H groups in total. The van der Waals surface area contributed by atoms with E-state index in [1.54, 1.807) is 0 Å². The Hall–Kier alpha value is -2.35. The fourth-order valence-electron chi connectivity index (χ4n) is 2.44. The zero-order valence-electron chi connectivity index (χ0n) is 14.0. The average Bonchev–Trinajstić information content (AvgIpc) is 3.31. The van der Waals surface area contributed by atoms with Gasteiger partial charge in [-0.1, -0.05) is 12.1 Å². The normalized spacial score (nSPS) is 15.6. The van der Waals surface area contributed by atoms with E-state index in [0.717, 1.165) is 17.7 Å². The smallest absolute Gasteiger partial charge is 0.220 e. The van der Waals surface area contributed by atoms with Crippen molar-refractivity contribution in [2.45, 2.75) is 44.3 Å². The van der Waals surface area contributed by atoms with Crippen LogP contribution in [-0.4, -0.2) is 25.7 Å². The highest BCUT2D eigenvalue weighted by atomic mass is 16.1. The van der Waals surface area contributed by atoms with E-state index in [1.165, 1.54) is 0 Å². The van der Waals surface area contributed by atoms with Crippen LogP contribution >= 0.6 is 0 Å². The first-order chi connectivity index (χ1) is 11.0. The molecule has 1 aromatic carbocycles. The first-order valence-electron chi connectivity index (χ1n) is 7.90. The zero-order valence-corrected chi connectivity index (χ0v) is 14.0. The second-order valence-electron chi connectivity index (χ2n) is 6.16. The quantitative estimate of drug-likeness (QED) is 0.749. The van der Waals surface area contributed by atoms with Crippen molar-refractivity contribution in [3.05, 3.63) is 29.8 Å². The van der Waals surface area contributed by atoms with Gasteiger partial charge in [-0.05, 0) is 24.6 Å². The Morgan fingerprint density at radius 3 is 2.48 bits per heavy atom. The van der Waals surface area contributed by atoms with Crippen LogP contribution in [0.3, 0.4) is 0 Å². The van der Waals surface area contributed by atoms with Crippen LogP contribution < -0.4 is 10.2 Å². The van der Waals surface area contributed by atoms with Crippen LogP contribution in [0.1, 0.15) is 44.2 Å². The van der Waals surface area contributed by atoms with Gasteiger partial charge < -0.3 is 10.2 Å². The molecule has 0 aromatic heterocycles. The number of carbonyl (C=O) groups is 1. The van der Waals surface area contributed by atoms with Gasteiger partial charge >= 0.3 is 0 Å². The molecule has 1 heterocycles. The highest BCUT2D eigenvalue weighted by molar-refractivity contribution is 5.76. The van der Waals surface area contributed by atoms with Gasteiger partial charge in [-0.25, -0.2) is 0 Å². The third-order valence-electron chi connectivity index (χ3n) is 4.09. The minimum Gasteiger partial charge on any atom is -0.378 e. The molecule has 23 heavy (non-hydrogen) atoms. The van der Waals surface area contributed by atoms with Gasteiger partial charge in [-0.2, -0.15) is 10.2 Å². The van der Waals surface area contributed by atoms with Crippen molar-refractivity contribution < 1.29 is 4.79 Å². The number of hydrogen-bond donors (Lipinski definition) is 1. The van der Waals surface area contributed by atoms with E-state index in [0.29, 0.717) is 19.3 Å². The molecule has 1 atom stereocenters. The largest absolute Gasteiger partial charge is 0.378 e. The van der Waals surface area contributed by atoms with Gasteiger partial charge in [-0.15, -0.1) is 12.3 Å². The maximum absolute atomic E-state index is 12.1. The van der Waals surface area contributed by atoms with Gasteiger partial charge in [0.05, 0.1) is 6.04 Å². The zero-order chi connectivity index (χ0) is 16.9. The molecule has 0 saturated carbocycles. The van der Waals surface area contributed by atoms with Crippen molar-refractivity contribution in [1.29, 1.82) is 0 Å². The summed E-state index contributed by atoms with van der Waals surface area (Å²) < 4.78 is 0. The summed E-state index contributed by atoms with van der Waals surface area (Å²) in [5, 5.41) is 11.1. The number of amides is 1. The van der Waals surface area contributed by atoms with Crippen LogP contribution in [0.2, 0.25) is 0 Å². The van der Waals surface area contributed by atoms with Gasteiger partial charge in [0.2, 0.25) is 5.91 Å². The van der Waals surface area contributed by atoms with Crippen molar-refractivity contribution in [2.24, 2.45) is 10.2 Å². The van der Waals surface area contributed by atoms with Gasteiger partial charge in [0.25, 0.3) is 0 Å². The summed E-state index contributed by atoms with van der Waals surface area (Å²) in [6.07, 6.45) is 7.69. The minimum atomic E-state index is -0.389. The summed E-state index contributed by atoms with van der Waals surface area (Å²) in [4.78, 5) is 14.2. The third kappa shape index (κ3) is 4.82. The van der Waals surface area contributed by atoms with Crippen LogP contribution in [0.4, 0.5) is 5.69 Å². The summed E-state index contributed by atoms with van der Waals surface area (Å²) in [5.41, 5.74) is 1.84. The summed E-state index contributed by atoms with van der Waals surface area (Å²) in [7, 11) is 4.01. The van der Waals surface area contributed by atoms with E-state index < -0.39 is 0 Å². The van der Waals surface area contributed by atoms with Crippen LogP contribution in [0.15, 0.2) is 34.5 Å². The fraction of sp³-hybridized carbons (Fsp3) is 0.500. The molecule has 0 spiro atoms. The molecule has 1 aromatic rings. The second kappa shape index (κ2) is 7.28. The molecule has 1 aliphatic rings. The topological polar surface area (TPSA) is 57.1 Å². The molecule has 122 valence electrons. The molecule has 0 saturated heterocycles. The molecule has 5 nitrogen and oxygen atoms in total. The molecule has 0 bridgehead atoms.